The lowest BCUT2D eigenvalue weighted by atomic mass is 10.0. The van der Waals surface area contributed by atoms with Crippen LogP contribution < -0.4 is 10.0 Å². The third kappa shape index (κ3) is 2.66. The molecule has 4 nitrogen and oxygen atoms in total. The summed E-state index contributed by atoms with van der Waals surface area (Å²) < 4.78 is 27.7. The molecule has 0 radical (unpaired) electrons. The van der Waals surface area contributed by atoms with E-state index in [1.165, 1.54) is 11.3 Å². The molecule has 1 aliphatic rings. The van der Waals surface area contributed by atoms with E-state index in [0.29, 0.717) is 4.90 Å². The van der Waals surface area contributed by atoms with Gasteiger partial charge in [0.15, 0.2) is 0 Å². The number of nitrogens with one attached hydrogen (secondary N) is 2. The highest BCUT2D eigenvalue weighted by Crippen LogP contribution is 2.62. The Morgan fingerprint density at radius 1 is 1.25 bits per heavy atom. The molecular formula is C14H24N2O2S2. The van der Waals surface area contributed by atoms with E-state index >= 15 is 0 Å². The summed E-state index contributed by atoms with van der Waals surface area (Å²) in [4.78, 5) is 1.43. The molecule has 1 fully saturated rings. The van der Waals surface area contributed by atoms with Gasteiger partial charge >= 0.3 is 0 Å². The molecule has 0 aromatic carbocycles. The first kappa shape index (κ1) is 15.9. The van der Waals surface area contributed by atoms with E-state index in [0.717, 1.165) is 18.0 Å². The standard InChI is InChI=1S/C14H24N2O2S2/c1-6-15-8-10-7-11(9-19-10)20(17,18)16-12-13(2,3)14(12,4)5/h7,9,12,15-16H,6,8H2,1-5H3. The number of sulfonamides is 1. The Labute approximate surface area is 126 Å². The molecule has 1 aromatic heterocycles. The van der Waals surface area contributed by atoms with Gasteiger partial charge in [-0.3, -0.25) is 0 Å². The van der Waals surface area contributed by atoms with Crippen LogP contribution in [0.1, 0.15) is 39.5 Å². The van der Waals surface area contributed by atoms with Gasteiger partial charge in [-0.25, -0.2) is 13.1 Å². The van der Waals surface area contributed by atoms with Gasteiger partial charge in [0.05, 0.1) is 4.90 Å². The largest absolute Gasteiger partial charge is 0.312 e. The topological polar surface area (TPSA) is 58.2 Å². The van der Waals surface area contributed by atoms with Crippen LogP contribution in [0.25, 0.3) is 0 Å². The molecule has 0 amide bonds. The van der Waals surface area contributed by atoms with Crippen molar-refractivity contribution in [3.05, 3.63) is 16.3 Å². The Morgan fingerprint density at radius 2 is 1.85 bits per heavy atom. The Morgan fingerprint density at radius 3 is 2.35 bits per heavy atom. The lowest BCUT2D eigenvalue weighted by Crippen LogP contribution is -2.29. The SMILES string of the molecule is CCNCc1cc(S(=O)(=O)NC2C(C)(C)C2(C)C)cs1. The Balaban J connectivity index is 2.10. The van der Waals surface area contributed by atoms with Gasteiger partial charge in [0.2, 0.25) is 10.0 Å². The molecule has 1 aliphatic carbocycles. The molecule has 114 valence electrons. The summed E-state index contributed by atoms with van der Waals surface area (Å²) in [6, 6.07) is 1.76. The Kier molecular flexibility index (Phi) is 4.06. The first-order chi connectivity index (χ1) is 9.13. The van der Waals surface area contributed by atoms with Crippen molar-refractivity contribution in [2.45, 2.75) is 52.1 Å². The van der Waals surface area contributed by atoms with Gasteiger partial charge in [0.25, 0.3) is 0 Å². The molecule has 0 spiro atoms. The molecule has 1 heterocycles. The molecule has 0 atom stereocenters. The quantitative estimate of drug-likeness (QED) is 0.848. The minimum atomic E-state index is -3.41. The van der Waals surface area contributed by atoms with Crippen molar-refractivity contribution in [3.63, 3.8) is 0 Å². The zero-order valence-corrected chi connectivity index (χ0v) is 14.4. The van der Waals surface area contributed by atoms with Crippen LogP contribution in [0.4, 0.5) is 0 Å². The second kappa shape index (κ2) is 5.09. The summed E-state index contributed by atoms with van der Waals surface area (Å²) in [5.41, 5.74) is 0.00533. The van der Waals surface area contributed by atoms with Gasteiger partial charge in [0, 0.05) is 22.8 Å². The van der Waals surface area contributed by atoms with Crippen molar-refractivity contribution < 1.29 is 8.42 Å². The fraction of sp³-hybridized carbons (Fsp3) is 0.714. The van der Waals surface area contributed by atoms with E-state index in [-0.39, 0.29) is 16.9 Å². The predicted molar refractivity (Wildman–Crippen MR) is 83.4 cm³/mol. The van der Waals surface area contributed by atoms with E-state index in [9.17, 15) is 8.42 Å². The van der Waals surface area contributed by atoms with Crippen LogP contribution in [0.3, 0.4) is 0 Å². The van der Waals surface area contributed by atoms with Crippen LogP contribution in [0.2, 0.25) is 0 Å². The Hall–Kier alpha value is -0.430. The molecule has 0 aliphatic heterocycles. The van der Waals surface area contributed by atoms with Crippen molar-refractivity contribution >= 4 is 21.4 Å². The zero-order chi connectivity index (χ0) is 15.2. The molecule has 6 heteroatoms. The maximum atomic E-state index is 12.4. The minimum Gasteiger partial charge on any atom is -0.312 e. The fourth-order valence-corrected chi connectivity index (χ4v) is 5.33. The lowest BCUT2D eigenvalue weighted by molar-refractivity contribution is 0.457. The zero-order valence-electron chi connectivity index (χ0n) is 12.8. The van der Waals surface area contributed by atoms with Crippen molar-refractivity contribution in [2.24, 2.45) is 10.8 Å². The smallest absolute Gasteiger partial charge is 0.241 e. The summed E-state index contributed by atoms with van der Waals surface area (Å²) in [6.45, 7) is 12.0. The van der Waals surface area contributed by atoms with Crippen LogP contribution >= 0.6 is 11.3 Å². The highest BCUT2D eigenvalue weighted by Gasteiger charge is 2.66. The highest BCUT2D eigenvalue weighted by molar-refractivity contribution is 7.89. The van der Waals surface area contributed by atoms with E-state index in [2.05, 4.69) is 37.7 Å². The second-order valence-electron chi connectivity index (χ2n) is 6.53. The predicted octanol–water partition coefficient (Wildman–Crippen LogP) is 2.57. The van der Waals surface area contributed by atoms with Gasteiger partial charge in [-0.1, -0.05) is 34.6 Å². The highest BCUT2D eigenvalue weighted by atomic mass is 32.2. The van der Waals surface area contributed by atoms with Crippen LogP contribution in [0.5, 0.6) is 0 Å². The number of hydrogen-bond acceptors (Lipinski definition) is 4. The lowest BCUT2D eigenvalue weighted by Gasteiger charge is -2.06. The molecular weight excluding hydrogens is 292 g/mol. The number of thiophene rings is 1. The minimum absolute atomic E-state index is 0.00267. The van der Waals surface area contributed by atoms with Crippen LogP contribution in [0.15, 0.2) is 16.3 Å². The molecule has 2 rings (SSSR count). The van der Waals surface area contributed by atoms with E-state index in [1.807, 2.05) is 6.92 Å². The van der Waals surface area contributed by atoms with Gasteiger partial charge in [-0.2, -0.15) is 0 Å². The summed E-state index contributed by atoms with van der Waals surface area (Å²) >= 11 is 1.48. The van der Waals surface area contributed by atoms with Crippen LogP contribution in [0, 0.1) is 10.8 Å². The molecule has 1 saturated carbocycles. The molecule has 20 heavy (non-hydrogen) atoms. The van der Waals surface area contributed by atoms with Crippen molar-refractivity contribution in [2.75, 3.05) is 6.54 Å². The summed E-state index contributed by atoms with van der Waals surface area (Å²) in [5.74, 6) is 0. The number of hydrogen-bond donors (Lipinski definition) is 2. The van der Waals surface area contributed by atoms with Crippen molar-refractivity contribution in [1.82, 2.24) is 10.0 Å². The summed E-state index contributed by atoms with van der Waals surface area (Å²) in [5, 5.41) is 4.92. The summed E-state index contributed by atoms with van der Waals surface area (Å²) in [7, 11) is -3.41. The average molecular weight is 316 g/mol. The third-order valence-corrected chi connectivity index (χ3v) is 7.27. The first-order valence-corrected chi connectivity index (χ1v) is 9.29. The van der Waals surface area contributed by atoms with Gasteiger partial charge in [-0.05, 0) is 23.4 Å². The van der Waals surface area contributed by atoms with Gasteiger partial charge in [0.1, 0.15) is 0 Å². The second-order valence-corrected chi connectivity index (χ2v) is 9.24. The van der Waals surface area contributed by atoms with Crippen LogP contribution in [-0.2, 0) is 16.6 Å². The van der Waals surface area contributed by atoms with E-state index < -0.39 is 10.0 Å². The number of rotatable bonds is 6. The molecule has 0 bridgehead atoms. The molecule has 1 aromatic rings. The van der Waals surface area contributed by atoms with Crippen LogP contribution in [-0.4, -0.2) is 21.0 Å². The maximum Gasteiger partial charge on any atom is 0.241 e. The first-order valence-electron chi connectivity index (χ1n) is 6.93. The monoisotopic (exact) mass is 316 g/mol. The normalized spacial score (nSPS) is 21.1. The third-order valence-electron chi connectivity index (χ3n) is 4.78. The maximum absolute atomic E-state index is 12.4. The van der Waals surface area contributed by atoms with Gasteiger partial charge in [-0.15, -0.1) is 11.3 Å². The van der Waals surface area contributed by atoms with Crippen molar-refractivity contribution in [1.29, 1.82) is 0 Å². The molecule has 0 saturated heterocycles. The Bertz CT molecular complexity index is 574. The fourth-order valence-electron chi connectivity index (χ4n) is 2.56. The molecule has 2 N–H and O–H groups in total. The van der Waals surface area contributed by atoms with E-state index in [4.69, 9.17) is 0 Å². The van der Waals surface area contributed by atoms with Gasteiger partial charge < -0.3 is 5.32 Å². The van der Waals surface area contributed by atoms with E-state index in [1.54, 1.807) is 11.4 Å². The average Bonchev–Trinajstić information content (AvgIpc) is 2.78. The van der Waals surface area contributed by atoms with Crippen molar-refractivity contribution in [3.8, 4) is 0 Å². The molecule has 0 unspecified atom stereocenters. The summed E-state index contributed by atoms with van der Waals surface area (Å²) in [6.07, 6.45) is 0.